The minimum Gasteiger partial charge on any atom is -0.439 e. The van der Waals surface area contributed by atoms with Crippen molar-refractivity contribution in [1.82, 2.24) is 9.78 Å². The number of hydrogen-bond donors (Lipinski definition) is 0. The second-order valence-electron chi connectivity index (χ2n) is 4.33. The molecule has 1 aromatic carbocycles. The summed E-state index contributed by atoms with van der Waals surface area (Å²) >= 11 is 0. The summed E-state index contributed by atoms with van der Waals surface area (Å²) in [5.41, 5.74) is -0.415. The van der Waals surface area contributed by atoms with Crippen molar-refractivity contribution in [1.29, 1.82) is 0 Å². The van der Waals surface area contributed by atoms with Gasteiger partial charge in [0.2, 0.25) is 5.88 Å². The fraction of sp³-hybridized carbons (Fsp3) is 0.214. The van der Waals surface area contributed by atoms with Crippen molar-refractivity contribution < 1.29 is 23.1 Å². The van der Waals surface area contributed by atoms with Crippen molar-refractivity contribution in [3.8, 4) is 11.6 Å². The largest absolute Gasteiger partial charge is 0.439 e. The predicted molar refractivity (Wildman–Crippen MR) is 70.1 cm³/mol. The van der Waals surface area contributed by atoms with Gasteiger partial charge in [-0.05, 0) is 31.2 Å². The second kappa shape index (κ2) is 5.82. The predicted octanol–water partition coefficient (Wildman–Crippen LogP) is 3.17. The van der Waals surface area contributed by atoms with E-state index in [0.717, 1.165) is 4.68 Å². The number of carbonyl (C=O) groups is 2. The van der Waals surface area contributed by atoms with Gasteiger partial charge in [-0.15, -0.1) is 0 Å². The summed E-state index contributed by atoms with van der Waals surface area (Å²) in [6.07, 6.45) is -2.58. The van der Waals surface area contributed by atoms with Gasteiger partial charge < -0.3 is 4.74 Å². The van der Waals surface area contributed by atoms with E-state index in [2.05, 4.69) is 5.10 Å². The van der Waals surface area contributed by atoms with E-state index in [-0.39, 0.29) is 23.5 Å². The minimum absolute atomic E-state index is 0.0733. The van der Waals surface area contributed by atoms with Crippen LogP contribution in [0.15, 0.2) is 24.3 Å². The van der Waals surface area contributed by atoms with Gasteiger partial charge in [-0.25, -0.2) is 13.5 Å². The number of nitrogens with zero attached hydrogens (tertiary/aromatic N) is 2. The Kier molecular flexibility index (Phi) is 4.11. The van der Waals surface area contributed by atoms with Crippen LogP contribution in [0, 0.1) is 0 Å². The van der Waals surface area contributed by atoms with E-state index in [4.69, 9.17) is 4.74 Å². The molecule has 0 aliphatic rings. The highest BCUT2D eigenvalue weighted by Crippen LogP contribution is 2.31. The number of benzene rings is 1. The Bertz CT molecular complexity index is 678. The van der Waals surface area contributed by atoms with Gasteiger partial charge in [-0.3, -0.25) is 9.59 Å². The summed E-state index contributed by atoms with van der Waals surface area (Å²) in [5, 5.41) is 3.58. The lowest BCUT2D eigenvalue weighted by Crippen LogP contribution is -1.97. The SMILES string of the molecule is CC(=O)c1ccc(Oc2c(C=O)c(C(F)F)nn2C)cc1. The summed E-state index contributed by atoms with van der Waals surface area (Å²) in [4.78, 5) is 22.2. The third-order valence-corrected chi connectivity index (χ3v) is 2.86. The molecule has 1 aromatic heterocycles. The highest BCUT2D eigenvalue weighted by molar-refractivity contribution is 5.94. The van der Waals surface area contributed by atoms with Crippen molar-refractivity contribution in [2.24, 2.45) is 7.05 Å². The molecule has 0 aliphatic carbocycles. The molecule has 2 rings (SSSR count). The second-order valence-corrected chi connectivity index (χ2v) is 4.33. The molecule has 1 heterocycles. The van der Waals surface area contributed by atoms with Crippen LogP contribution in [0.4, 0.5) is 8.78 Å². The van der Waals surface area contributed by atoms with E-state index in [1.54, 1.807) is 12.1 Å². The molecule has 0 unspecified atom stereocenters. The molecule has 0 atom stereocenters. The lowest BCUT2D eigenvalue weighted by atomic mass is 10.1. The first-order valence-corrected chi connectivity index (χ1v) is 6.03. The first-order valence-electron chi connectivity index (χ1n) is 6.03. The van der Waals surface area contributed by atoms with Gasteiger partial charge in [-0.1, -0.05) is 0 Å². The number of aryl methyl sites for hydroxylation is 1. The Hall–Kier alpha value is -2.57. The maximum Gasteiger partial charge on any atom is 0.283 e. The zero-order valence-corrected chi connectivity index (χ0v) is 11.3. The number of aromatic nitrogens is 2. The van der Waals surface area contributed by atoms with E-state index in [0.29, 0.717) is 11.3 Å². The van der Waals surface area contributed by atoms with E-state index < -0.39 is 12.1 Å². The zero-order chi connectivity index (χ0) is 15.6. The molecule has 0 bridgehead atoms. The Labute approximate surface area is 119 Å². The fourth-order valence-electron chi connectivity index (χ4n) is 1.81. The third-order valence-electron chi connectivity index (χ3n) is 2.86. The summed E-state index contributed by atoms with van der Waals surface area (Å²) in [6.45, 7) is 1.43. The van der Waals surface area contributed by atoms with E-state index >= 15 is 0 Å². The molecule has 110 valence electrons. The van der Waals surface area contributed by atoms with Crippen LogP contribution in [-0.4, -0.2) is 21.8 Å². The number of alkyl halides is 2. The summed E-state index contributed by atoms with van der Waals surface area (Å²) < 4.78 is 32.0. The quantitative estimate of drug-likeness (QED) is 0.627. The van der Waals surface area contributed by atoms with E-state index in [1.807, 2.05) is 0 Å². The van der Waals surface area contributed by atoms with Crippen LogP contribution in [0.2, 0.25) is 0 Å². The van der Waals surface area contributed by atoms with Gasteiger partial charge in [0, 0.05) is 12.6 Å². The van der Waals surface area contributed by atoms with Crippen molar-refractivity contribution in [3.63, 3.8) is 0 Å². The molecule has 5 nitrogen and oxygen atoms in total. The molecular formula is C14H12F2N2O3. The number of carbonyl (C=O) groups excluding carboxylic acids is 2. The molecule has 0 amide bonds. The van der Waals surface area contributed by atoms with Gasteiger partial charge in [0.15, 0.2) is 12.1 Å². The lowest BCUT2D eigenvalue weighted by Gasteiger charge is -2.06. The average Bonchev–Trinajstić information content (AvgIpc) is 2.76. The molecule has 0 aliphatic heterocycles. The molecule has 0 spiro atoms. The molecule has 0 radical (unpaired) electrons. The first kappa shape index (κ1) is 14.8. The molecule has 0 saturated carbocycles. The smallest absolute Gasteiger partial charge is 0.283 e. The van der Waals surface area contributed by atoms with Crippen molar-refractivity contribution in [2.45, 2.75) is 13.3 Å². The number of aldehydes is 1. The summed E-state index contributed by atoms with van der Waals surface area (Å²) in [7, 11) is 1.40. The molecule has 7 heteroatoms. The van der Waals surface area contributed by atoms with Gasteiger partial charge >= 0.3 is 0 Å². The van der Waals surface area contributed by atoms with E-state index in [9.17, 15) is 18.4 Å². The van der Waals surface area contributed by atoms with Gasteiger partial charge in [0.05, 0.1) is 0 Å². The average molecular weight is 294 g/mol. The number of ether oxygens (including phenoxy) is 1. The summed E-state index contributed by atoms with van der Waals surface area (Å²) in [6, 6.07) is 6.12. The standard InChI is InChI=1S/C14H12F2N2O3/c1-8(20)9-3-5-10(6-4-9)21-14-11(7-19)12(13(15)16)17-18(14)2/h3-7,13H,1-2H3. The Balaban J connectivity index is 2.35. The summed E-state index contributed by atoms with van der Waals surface area (Å²) in [5.74, 6) is 0.137. The third kappa shape index (κ3) is 2.96. The normalized spacial score (nSPS) is 10.7. The highest BCUT2D eigenvalue weighted by atomic mass is 19.3. The lowest BCUT2D eigenvalue weighted by molar-refractivity contribution is 0.101. The van der Waals surface area contributed by atoms with Crippen LogP contribution in [0.1, 0.15) is 39.8 Å². The van der Waals surface area contributed by atoms with Crippen LogP contribution in [-0.2, 0) is 7.05 Å². The first-order chi connectivity index (χ1) is 9.93. The number of hydrogen-bond acceptors (Lipinski definition) is 4. The molecule has 2 aromatic rings. The van der Waals surface area contributed by atoms with Gasteiger partial charge in [-0.2, -0.15) is 5.10 Å². The fourth-order valence-corrected chi connectivity index (χ4v) is 1.81. The van der Waals surface area contributed by atoms with Crippen LogP contribution >= 0.6 is 0 Å². The topological polar surface area (TPSA) is 61.2 Å². The minimum atomic E-state index is -2.87. The van der Waals surface area contributed by atoms with Gasteiger partial charge in [0.25, 0.3) is 6.43 Å². The molecule has 0 N–H and O–H groups in total. The number of Topliss-reactive ketones (excluding diaryl/α,β-unsaturated/α-hetero) is 1. The molecule has 0 fully saturated rings. The Morgan fingerprint density at radius 3 is 2.43 bits per heavy atom. The Morgan fingerprint density at radius 1 is 1.33 bits per heavy atom. The van der Waals surface area contributed by atoms with Crippen LogP contribution in [0.5, 0.6) is 11.6 Å². The van der Waals surface area contributed by atoms with Gasteiger partial charge in [0.1, 0.15) is 17.0 Å². The molecule has 0 saturated heterocycles. The number of halogens is 2. The van der Waals surface area contributed by atoms with Crippen molar-refractivity contribution in [3.05, 3.63) is 41.1 Å². The Morgan fingerprint density at radius 2 is 1.95 bits per heavy atom. The van der Waals surface area contributed by atoms with Crippen molar-refractivity contribution >= 4 is 12.1 Å². The van der Waals surface area contributed by atoms with E-state index in [1.165, 1.54) is 26.1 Å². The maximum atomic E-state index is 12.8. The maximum absolute atomic E-state index is 12.8. The molecular weight excluding hydrogens is 282 g/mol. The highest BCUT2D eigenvalue weighted by Gasteiger charge is 2.24. The zero-order valence-electron chi connectivity index (χ0n) is 11.3. The van der Waals surface area contributed by atoms with Crippen LogP contribution in [0.25, 0.3) is 0 Å². The monoisotopic (exact) mass is 294 g/mol. The van der Waals surface area contributed by atoms with Crippen LogP contribution < -0.4 is 4.74 Å². The molecule has 21 heavy (non-hydrogen) atoms. The number of ketones is 1. The van der Waals surface area contributed by atoms with Crippen LogP contribution in [0.3, 0.4) is 0 Å². The van der Waals surface area contributed by atoms with Crippen molar-refractivity contribution in [2.75, 3.05) is 0 Å². The number of rotatable bonds is 5.